The Bertz CT molecular complexity index is 223. The number of carboxylic acids is 1. The molecule has 0 aliphatic heterocycles. The molecule has 0 saturated carbocycles. The van der Waals surface area contributed by atoms with Gasteiger partial charge in [0.1, 0.15) is 0 Å². The molecule has 1 N–H and O–H groups in total. The van der Waals surface area contributed by atoms with Gasteiger partial charge in [0.15, 0.2) is 0 Å². The molecule has 0 aliphatic carbocycles. The molecule has 18 heavy (non-hydrogen) atoms. The lowest BCUT2D eigenvalue weighted by molar-refractivity contribution is -0.141. The predicted octanol–water partition coefficient (Wildman–Crippen LogP) is 4.98. The molecule has 2 nitrogen and oxygen atoms in total. The maximum absolute atomic E-state index is 10.9. The molecule has 108 valence electrons. The van der Waals surface area contributed by atoms with Crippen molar-refractivity contribution in [1.82, 2.24) is 0 Å². The minimum Gasteiger partial charge on any atom is -0.481 e. The minimum absolute atomic E-state index is 0.196. The van der Waals surface area contributed by atoms with E-state index in [1.807, 2.05) is 6.92 Å². The molecule has 0 rings (SSSR count). The van der Waals surface area contributed by atoms with Crippen molar-refractivity contribution >= 4 is 5.97 Å². The van der Waals surface area contributed by atoms with Gasteiger partial charge in [-0.2, -0.15) is 0 Å². The molecule has 0 fully saturated rings. The second-order valence-corrected chi connectivity index (χ2v) is 6.41. The smallest absolute Gasteiger partial charge is 0.306 e. The van der Waals surface area contributed by atoms with E-state index in [0.717, 1.165) is 24.7 Å². The fraction of sp³-hybridized carbons (Fsp3) is 0.938. The van der Waals surface area contributed by atoms with Gasteiger partial charge in [-0.1, -0.05) is 60.3 Å². The van der Waals surface area contributed by atoms with Crippen LogP contribution in [0.1, 0.15) is 73.1 Å². The topological polar surface area (TPSA) is 37.3 Å². The molecule has 0 aromatic rings. The van der Waals surface area contributed by atoms with Gasteiger partial charge >= 0.3 is 5.97 Å². The summed E-state index contributed by atoms with van der Waals surface area (Å²) >= 11 is 0. The van der Waals surface area contributed by atoms with E-state index in [4.69, 9.17) is 5.11 Å². The Balaban J connectivity index is 3.92. The van der Waals surface area contributed by atoms with Crippen LogP contribution >= 0.6 is 0 Å². The maximum Gasteiger partial charge on any atom is 0.306 e. The summed E-state index contributed by atoms with van der Waals surface area (Å²) < 4.78 is 0. The van der Waals surface area contributed by atoms with E-state index < -0.39 is 5.97 Å². The van der Waals surface area contributed by atoms with E-state index in [1.54, 1.807) is 0 Å². The van der Waals surface area contributed by atoms with Gasteiger partial charge in [-0.3, -0.25) is 4.79 Å². The van der Waals surface area contributed by atoms with Gasteiger partial charge in [0.2, 0.25) is 0 Å². The quantitative estimate of drug-likeness (QED) is 0.599. The zero-order valence-corrected chi connectivity index (χ0v) is 12.9. The van der Waals surface area contributed by atoms with Gasteiger partial charge in [0, 0.05) is 0 Å². The highest BCUT2D eigenvalue weighted by Crippen LogP contribution is 2.26. The number of carbonyl (C=O) groups is 1. The first kappa shape index (κ1) is 17.5. The Morgan fingerprint density at radius 1 is 1.06 bits per heavy atom. The van der Waals surface area contributed by atoms with Crippen LogP contribution < -0.4 is 0 Å². The molecule has 0 spiro atoms. The standard InChI is InChI=1S/C16H32O2/c1-6-15(11-14(5)16(17)18)10-13(4)9-7-8-12(2)3/h12-15H,6-11H2,1-5H3,(H,17,18). The molecule has 0 radical (unpaired) electrons. The summed E-state index contributed by atoms with van der Waals surface area (Å²) in [7, 11) is 0. The van der Waals surface area contributed by atoms with Crippen molar-refractivity contribution in [3.63, 3.8) is 0 Å². The third-order valence-corrected chi connectivity index (χ3v) is 3.90. The Morgan fingerprint density at radius 3 is 2.11 bits per heavy atom. The third kappa shape index (κ3) is 8.54. The van der Waals surface area contributed by atoms with Crippen LogP contribution in [0.5, 0.6) is 0 Å². The van der Waals surface area contributed by atoms with Crippen molar-refractivity contribution in [2.45, 2.75) is 73.1 Å². The summed E-state index contributed by atoms with van der Waals surface area (Å²) in [5.74, 6) is 1.25. The molecule has 0 aliphatic rings. The summed E-state index contributed by atoms with van der Waals surface area (Å²) in [5, 5.41) is 8.96. The monoisotopic (exact) mass is 256 g/mol. The summed E-state index contributed by atoms with van der Waals surface area (Å²) in [5.41, 5.74) is 0. The summed E-state index contributed by atoms with van der Waals surface area (Å²) in [6.07, 6.45) is 7.03. The van der Waals surface area contributed by atoms with Gasteiger partial charge in [-0.25, -0.2) is 0 Å². The number of aliphatic carboxylic acids is 1. The lowest BCUT2D eigenvalue weighted by atomic mass is 9.84. The van der Waals surface area contributed by atoms with Crippen LogP contribution in [0.3, 0.4) is 0 Å². The Kier molecular flexibility index (Phi) is 9.13. The number of carboxylic acid groups (broad SMARTS) is 1. The van der Waals surface area contributed by atoms with Crippen molar-refractivity contribution in [2.24, 2.45) is 23.7 Å². The number of hydrogen-bond donors (Lipinski definition) is 1. The van der Waals surface area contributed by atoms with Crippen LogP contribution in [0.4, 0.5) is 0 Å². The van der Waals surface area contributed by atoms with Gasteiger partial charge in [-0.05, 0) is 30.6 Å². The van der Waals surface area contributed by atoms with Crippen LogP contribution in [0.2, 0.25) is 0 Å². The molecule has 0 aromatic heterocycles. The molecular weight excluding hydrogens is 224 g/mol. The lowest BCUT2D eigenvalue weighted by Gasteiger charge is -2.21. The largest absolute Gasteiger partial charge is 0.481 e. The minimum atomic E-state index is -0.652. The zero-order chi connectivity index (χ0) is 14.1. The second-order valence-electron chi connectivity index (χ2n) is 6.41. The van der Waals surface area contributed by atoms with Crippen molar-refractivity contribution in [2.75, 3.05) is 0 Å². The molecular formula is C16H32O2. The van der Waals surface area contributed by atoms with Crippen LogP contribution in [0.15, 0.2) is 0 Å². The number of hydrogen-bond acceptors (Lipinski definition) is 1. The molecule has 0 heterocycles. The van der Waals surface area contributed by atoms with Gasteiger partial charge in [0.05, 0.1) is 5.92 Å². The fourth-order valence-electron chi connectivity index (χ4n) is 2.59. The highest BCUT2D eigenvalue weighted by molar-refractivity contribution is 5.69. The molecule has 0 bridgehead atoms. The highest BCUT2D eigenvalue weighted by Gasteiger charge is 2.18. The lowest BCUT2D eigenvalue weighted by Crippen LogP contribution is -2.16. The summed E-state index contributed by atoms with van der Waals surface area (Å²) in [6.45, 7) is 10.9. The molecule has 3 atom stereocenters. The van der Waals surface area contributed by atoms with Crippen molar-refractivity contribution in [1.29, 1.82) is 0 Å². The first-order valence-electron chi connectivity index (χ1n) is 7.59. The highest BCUT2D eigenvalue weighted by atomic mass is 16.4. The van der Waals surface area contributed by atoms with Gasteiger partial charge in [0.25, 0.3) is 0 Å². The van der Waals surface area contributed by atoms with Crippen LogP contribution in [0, 0.1) is 23.7 Å². The average molecular weight is 256 g/mol. The van der Waals surface area contributed by atoms with E-state index in [-0.39, 0.29) is 5.92 Å². The Morgan fingerprint density at radius 2 is 1.67 bits per heavy atom. The van der Waals surface area contributed by atoms with Crippen LogP contribution in [-0.2, 0) is 4.79 Å². The molecule has 0 saturated heterocycles. The molecule has 0 aromatic carbocycles. The van der Waals surface area contributed by atoms with Crippen LogP contribution in [-0.4, -0.2) is 11.1 Å². The van der Waals surface area contributed by atoms with Crippen molar-refractivity contribution < 1.29 is 9.90 Å². The maximum atomic E-state index is 10.9. The number of rotatable bonds is 10. The van der Waals surface area contributed by atoms with Gasteiger partial charge < -0.3 is 5.11 Å². The third-order valence-electron chi connectivity index (χ3n) is 3.90. The Labute approximate surface area is 113 Å². The first-order valence-corrected chi connectivity index (χ1v) is 7.59. The molecule has 2 heteroatoms. The van der Waals surface area contributed by atoms with E-state index in [1.165, 1.54) is 25.7 Å². The normalized spacial score (nSPS) is 16.6. The summed E-state index contributed by atoms with van der Waals surface area (Å²) in [6, 6.07) is 0. The van der Waals surface area contributed by atoms with Gasteiger partial charge in [-0.15, -0.1) is 0 Å². The van der Waals surface area contributed by atoms with Crippen LogP contribution in [0.25, 0.3) is 0 Å². The second kappa shape index (κ2) is 9.41. The van der Waals surface area contributed by atoms with E-state index in [9.17, 15) is 4.79 Å². The Hall–Kier alpha value is -0.530. The van der Waals surface area contributed by atoms with Crippen molar-refractivity contribution in [3.8, 4) is 0 Å². The predicted molar refractivity (Wildman–Crippen MR) is 77.7 cm³/mol. The van der Waals surface area contributed by atoms with E-state index in [0.29, 0.717) is 5.92 Å². The SMILES string of the molecule is CCC(CC(C)CCCC(C)C)CC(C)C(=O)O. The first-order chi connectivity index (χ1) is 8.36. The van der Waals surface area contributed by atoms with Crippen molar-refractivity contribution in [3.05, 3.63) is 0 Å². The zero-order valence-electron chi connectivity index (χ0n) is 12.9. The molecule has 3 unspecified atom stereocenters. The van der Waals surface area contributed by atoms with E-state index in [2.05, 4.69) is 27.7 Å². The molecule has 0 amide bonds. The van der Waals surface area contributed by atoms with E-state index >= 15 is 0 Å². The average Bonchev–Trinajstić information content (AvgIpc) is 2.27. The summed E-state index contributed by atoms with van der Waals surface area (Å²) in [4.78, 5) is 10.9. The fourth-order valence-corrected chi connectivity index (χ4v) is 2.59.